The highest BCUT2D eigenvalue weighted by molar-refractivity contribution is 5.86. The van der Waals surface area contributed by atoms with E-state index in [1.807, 2.05) is 50.2 Å². The van der Waals surface area contributed by atoms with Crippen LogP contribution < -0.4 is 15.8 Å². The van der Waals surface area contributed by atoms with Crippen LogP contribution in [-0.4, -0.2) is 20.1 Å². The molecule has 1 amide bonds. The summed E-state index contributed by atoms with van der Waals surface area (Å²) in [4.78, 5) is 12.2. The molecule has 5 heteroatoms. The van der Waals surface area contributed by atoms with Gasteiger partial charge in [-0.25, -0.2) is 0 Å². The summed E-state index contributed by atoms with van der Waals surface area (Å²) in [7, 11) is 2.94. The number of nitrogens with two attached hydrogens (primary N) is 1. The highest BCUT2D eigenvalue weighted by Gasteiger charge is 2.37. The molecule has 2 aromatic rings. The van der Waals surface area contributed by atoms with Crippen LogP contribution in [-0.2, 0) is 21.9 Å². The van der Waals surface area contributed by atoms with Crippen LogP contribution in [0.1, 0.15) is 22.3 Å². The van der Waals surface area contributed by atoms with Gasteiger partial charge in [-0.2, -0.15) is 0 Å². The Balaban J connectivity index is 2.32. The van der Waals surface area contributed by atoms with Crippen molar-refractivity contribution < 1.29 is 14.3 Å². The standard InChI is InChI=1S/C19H24N2O3/c1-13-9-10-14(2)17(11-13)24-12-15-7-5-6-8-16(15)19(20,23-4)18(22)21-3/h5-11H,12,20H2,1-4H3,(H,21,22). The van der Waals surface area contributed by atoms with Gasteiger partial charge in [0.1, 0.15) is 12.4 Å². The Bertz CT molecular complexity index is 730. The SMILES string of the molecule is CNC(=O)C(N)(OC)c1ccccc1COc1cc(C)ccc1C. The summed E-state index contributed by atoms with van der Waals surface area (Å²) in [5.74, 6) is 0.397. The van der Waals surface area contributed by atoms with Crippen LogP contribution in [0.15, 0.2) is 42.5 Å². The third-order valence-corrected chi connectivity index (χ3v) is 4.03. The molecule has 0 bridgehead atoms. The van der Waals surface area contributed by atoms with Crippen molar-refractivity contribution in [2.75, 3.05) is 14.2 Å². The Labute approximate surface area is 142 Å². The number of benzene rings is 2. The van der Waals surface area contributed by atoms with E-state index in [1.54, 1.807) is 6.07 Å². The smallest absolute Gasteiger partial charge is 0.271 e. The van der Waals surface area contributed by atoms with Gasteiger partial charge in [0.05, 0.1) is 0 Å². The van der Waals surface area contributed by atoms with E-state index in [9.17, 15) is 4.79 Å². The molecular weight excluding hydrogens is 304 g/mol. The highest BCUT2D eigenvalue weighted by Crippen LogP contribution is 2.26. The van der Waals surface area contributed by atoms with Crippen LogP contribution in [0.3, 0.4) is 0 Å². The number of hydrogen-bond acceptors (Lipinski definition) is 4. The maximum atomic E-state index is 12.2. The number of methoxy groups -OCH3 is 1. The molecule has 24 heavy (non-hydrogen) atoms. The first-order chi connectivity index (χ1) is 11.4. The van der Waals surface area contributed by atoms with Gasteiger partial charge in [-0.15, -0.1) is 0 Å². The number of nitrogens with one attached hydrogen (secondary N) is 1. The zero-order chi connectivity index (χ0) is 17.7. The topological polar surface area (TPSA) is 73.6 Å². The Morgan fingerprint density at radius 3 is 2.58 bits per heavy atom. The van der Waals surface area contributed by atoms with Gasteiger partial charge in [0.25, 0.3) is 5.91 Å². The molecule has 0 saturated heterocycles. The van der Waals surface area contributed by atoms with Crippen molar-refractivity contribution in [1.82, 2.24) is 5.32 Å². The largest absolute Gasteiger partial charge is 0.489 e. The number of amides is 1. The van der Waals surface area contributed by atoms with E-state index in [2.05, 4.69) is 5.32 Å². The van der Waals surface area contributed by atoms with Crippen molar-refractivity contribution in [1.29, 1.82) is 0 Å². The van der Waals surface area contributed by atoms with Crippen LogP contribution >= 0.6 is 0 Å². The summed E-state index contributed by atoms with van der Waals surface area (Å²) in [6.07, 6.45) is 0. The van der Waals surface area contributed by atoms with E-state index in [-0.39, 0.29) is 0 Å². The maximum Gasteiger partial charge on any atom is 0.271 e. The molecule has 5 nitrogen and oxygen atoms in total. The molecule has 0 fully saturated rings. The molecule has 2 rings (SSSR count). The van der Waals surface area contributed by atoms with Crippen LogP contribution in [0.5, 0.6) is 5.75 Å². The third-order valence-electron chi connectivity index (χ3n) is 4.03. The summed E-state index contributed by atoms with van der Waals surface area (Å²) >= 11 is 0. The van der Waals surface area contributed by atoms with Gasteiger partial charge in [-0.1, -0.05) is 36.4 Å². The number of rotatable bonds is 6. The first kappa shape index (κ1) is 18.0. The Morgan fingerprint density at radius 1 is 1.21 bits per heavy atom. The van der Waals surface area contributed by atoms with E-state index in [0.29, 0.717) is 12.2 Å². The lowest BCUT2D eigenvalue weighted by Gasteiger charge is -2.28. The fraction of sp³-hybridized carbons (Fsp3) is 0.316. The van der Waals surface area contributed by atoms with Crippen LogP contribution in [0.25, 0.3) is 0 Å². The first-order valence-corrected chi connectivity index (χ1v) is 7.77. The van der Waals surface area contributed by atoms with Crippen molar-refractivity contribution in [2.45, 2.75) is 26.2 Å². The molecule has 0 radical (unpaired) electrons. The molecule has 1 unspecified atom stereocenters. The lowest BCUT2D eigenvalue weighted by molar-refractivity contribution is -0.143. The predicted molar refractivity (Wildman–Crippen MR) is 93.6 cm³/mol. The van der Waals surface area contributed by atoms with Gasteiger partial charge >= 0.3 is 0 Å². The summed E-state index contributed by atoms with van der Waals surface area (Å²) in [5.41, 5.74) is 8.20. The molecule has 0 aliphatic heterocycles. The maximum absolute atomic E-state index is 12.2. The summed E-state index contributed by atoms with van der Waals surface area (Å²) in [6, 6.07) is 13.4. The molecular formula is C19H24N2O3. The van der Waals surface area contributed by atoms with Gasteiger partial charge in [-0.3, -0.25) is 10.5 Å². The molecule has 128 valence electrons. The summed E-state index contributed by atoms with van der Waals surface area (Å²) < 4.78 is 11.3. The van der Waals surface area contributed by atoms with Crippen LogP contribution in [0, 0.1) is 13.8 Å². The molecule has 0 aromatic heterocycles. The summed E-state index contributed by atoms with van der Waals surface area (Å²) in [6.45, 7) is 4.30. The monoisotopic (exact) mass is 328 g/mol. The average Bonchev–Trinajstić information content (AvgIpc) is 2.61. The molecule has 0 aliphatic carbocycles. The van der Waals surface area contributed by atoms with E-state index in [1.165, 1.54) is 14.2 Å². The van der Waals surface area contributed by atoms with Crippen molar-refractivity contribution in [2.24, 2.45) is 5.73 Å². The number of carbonyl (C=O) groups excluding carboxylic acids is 1. The lowest BCUT2D eigenvalue weighted by atomic mass is 9.97. The second-order valence-corrected chi connectivity index (χ2v) is 5.73. The average molecular weight is 328 g/mol. The molecule has 0 aliphatic rings. The van der Waals surface area contributed by atoms with Gasteiger partial charge in [-0.05, 0) is 36.6 Å². The van der Waals surface area contributed by atoms with Crippen molar-refractivity contribution >= 4 is 5.91 Å². The molecule has 2 aromatic carbocycles. The highest BCUT2D eigenvalue weighted by atomic mass is 16.5. The quantitative estimate of drug-likeness (QED) is 0.799. The molecule has 0 spiro atoms. The number of likely N-dealkylation sites (N-methyl/N-ethyl adjacent to an activating group) is 1. The van der Waals surface area contributed by atoms with Crippen molar-refractivity contribution in [3.05, 3.63) is 64.7 Å². The van der Waals surface area contributed by atoms with Gasteiger partial charge in [0.2, 0.25) is 5.72 Å². The minimum Gasteiger partial charge on any atom is -0.489 e. The van der Waals surface area contributed by atoms with Crippen molar-refractivity contribution in [3.63, 3.8) is 0 Å². The zero-order valence-electron chi connectivity index (χ0n) is 14.6. The van der Waals surface area contributed by atoms with Gasteiger partial charge in [0.15, 0.2) is 0 Å². The minimum absolute atomic E-state index is 0.291. The van der Waals surface area contributed by atoms with E-state index < -0.39 is 11.6 Å². The van der Waals surface area contributed by atoms with Crippen molar-refractivity contribution in [3.8, 4) is 5.75 Å². The molecule has 1 atom stereocenters. The van der Waals surface area contributed by atoms with E-state index in [4.69, 9.17) is 15.2 Å². The van der Waals surface area contributed by atoms with Crippen LogP contribution in [0.2, 0.25) is 0 Å². The van der Waals surface area contributed by atoms with Crippen LogP contribution in [0.4, 0.5) is 0 Å². The normalized spacial score (nSPS) is 13.2. The third kappa shape index (κ3) is 3.58. The summed E-state index contributed by atoms with van der Waals surface area (Å²) in [5, 5.41) is 2.54. The number of aryl methyl sites for hydroxylation is 2. The van der Waals surface area contributed by atoms with E-state index in [0.717, 1.165) is 22.4 Å². The van der Waals surface area contributed by atoms with Gasteiger partial charge in [0, 0.05) is 19.7 Å². The second-order valence-electron chi connectivity index (χ2n) is 5.73. The minimum atomic E-state index is -1.56. The Morgan fingerprint density at radius 2 is 1.92 bits per heavy atom. The predicted octanol–water partition coefficient (Wildman–Crippen LogP) is 2.39. The Hall–Kier alpha value is -2.37. The first-order valence-electron chi connectivity index (χ1n) is 7.77. The number of hydrogen-bond donors (Lipinski definition) is 2. The zero-order valence-corrected chi connectivity index (χ0v) is 14.6. The second kappa shape index (κ2) is 7.47. The fourth-order valence-corrected chi connectivity index (χ4v) is 2.54. The fourth-order valence-electron chi connectivity index (χ4n) is 2.54. The number of carbonyl (C=O) groups is 1. The molecule has 3 N–H and O–H groups in total. The van der Waals surface area contributed by atoms with Gasteiger partial charge < -0.3 is 14.8 Å². The Kier molecular flexibility index (Phi) is 5.59. The number of ether oxygens (including phenoxy) is 2. The molecule has 0 saturated carbocycles. The lowest BCUT2D eigenvalue weighted by Crippen LogP contribution is -2.52. The van der Waals surface area contributed by atoms with E-state index >= 15 is 0 Å². The molecule has 0 heterocycles.